The van der Waals surface area contributed by atoms with Crippen LogP contribution in [0, 0.1) is 0 Å². The fourth-order valence-electron chi connectivity index (χ4n) is 3.17. The van der Waals surface area contributed by atoms with E-state index in [4.69, 9.17) is 38.4 Å². The van der Waals surface area contributed by atoms with E-state index in [2.05, 4.69) is 4.98 Å². The first-order chi connectivity index (χ1) is 13.5. The SMILES string of the molecule is Nc1cccc(SC[C@@H]2CO[C@@](Cn3ccnc3)(c3ccc(Cl)cc3Cl)O2)c1. The molecule has 0 radical (unpaired) electrons. The van der Waals surface area contributed by atoms with Crippen LogP contribution in [0.4, 0.5) is 5.69 Å². The molecule has 8 heteroatoms. The zero-order valence-electron chi connectivity index (χ0n) is 14.9. The number of hydrogen-bond acceptors (Lipinski definition) is 5. The Bertz CT molecular complexity index is 954. The topological polar surface area (TPSA) is 62.3 Å². The van der Waals surface area contributed by atoms with Gasteiger partial charge in [-0.25, -0.2) is 4.98 Å². The number of nitrogens with zero attached hydrogens (tertiary/aromatic N) is 2. The minimum atomic E-state index is -0.997. The molecule has 1 aliphatic heterocycles. The molecule has 0 unspecified atom stereocenters. The lowest BCUT2D eigenvalue weighted by molar-refractivity contribution is -0.184. The largest absolute Gasteiger partial charge is 0.399 e. The Hall–Kier alpha value is -1.70. The van der Waals surface area contributed by atoms with Crippen molar-refractivity contribution in [3.63, 3.8) is 0 Å². The number of thioether (sulfide) groups is 1. The van der Waals surface area contributed by atoms with Gasteiger partial charge in [0.15, 0.2) is 0 Å². The van der Waals surface area contributed by atoms with Crippen molar-refractivity contribution in [1.29, 1.82) is 0 Å². The van der Waals surface area contributed by atoms with Crippen LogP contribution in [0.3, 0.4) is 0 Å². The number of nitrogens with two attached hydrogens (primary N) is 1. The molecule has 0 amide bonds. The standard InChI is InChI=1S/C20H19Cl2N3O2S/c21-14-4-5-18(19(22)8-14)20(12-25-7-6-24-13-25)26-10-16(27-20)11-28-17-3-1-2-15(23)9-17/h1-9,13,16H,10-12,23H2/t16-,20+/m0/s1. The van der Waals surface area contributed by atoms with Gasteiger partial charge in [-0.1, -0.05) is 35.3 Å². The predicted octanol–water partition coefficient (Wildman–Crippen LogP) is 4.83. The Morgan fingerprint density at radius 3 is 2.89 bits per heavy atom. The molecule has 146 valence electrons. The molecule has 5 nitrogen and oxygen atoms in total. The van der Waals surface area contributed by atoms with E-state index in [0.717, 1.165) is 21.9 Å². The number of imidazole rings is 1. The van der Waals surface area contributed by atoms with E-state index in [0.29, 0.717) is 23.2 Å². The van der Waals surface area contributed by atoms with Crippen molar-refractivity contribution in [2.75, 3.05) is 18.1 Å². The molecule has 0 aliphatic carbocycles. The highest BCUT2D eigenvalue weighted by Gasteiger charge is 2.45. The highest BCUT2D eigenvalue weighted by atomic mass is 35.5. The second-order valence-electron chi connectivity index (χ2n) is 6.55. The van der Waals surface area contributed by atoms with Crippen molar-refractivity contribution in [2.45, 2.75) is 23.3 Å². The number of ether oxygens (including phenoxy) is 2. The molecule has 0 spiro atoms. The van der Waals surface area contributed by atoms with Gasteiger partial charge in [0.25, 0.3) is 0 Å². The Kier molecular flexibility index (Phi) is 5.85. The third kappa shape index (κ3) is 4.31. The first-order valence-corrected chi connectivity index (χ1v) is 10.5. The number of rotatable bonds is 6. The van der Waals surface area contributed by atoms with Crippen LogP contribution < -0.4 is 5.73 Å². The van der Waals surface area contributed by atoms with Gasteiger partial charge in [-0.05, 0) is 30.3 Å². The maximum absolute atomic E-state index is 6.49. The van der Waals surface area contributed by atoms with E-state index < -0.39 is 5.79 Å². The van der Waals surface area contributed by atoms with Gasteiger partial charge in [0, 0.05) is 39.3 Å². The second kappa shape index (κ2) is 8.35. The van der Waals surface area contributed by atoms with Gasteiger partial charge >= 0.3 is 0 Å². The molecule has 0 bridgehead atoms. The number of anilines is 1. The molecule has 2 heterocycles. The molecule has 28 heavy (non-hydrogen) atoms. The summed E-state index contributed by atoms with van der Waals surface area (Å²) in [6.07, 6.45) is 5.22. The number of nitrogen functional groups attached to an aromatic ring is 1. The fourth-order valence-corrected chi connectivity index (χ4v) is 4.66. The molecule has 1 saturated heterocycles. The second-order valence-corrected chi connectivity index (χ2v) is 8.48. The van der Waals surface area contributed by atoms with E-state index in [1.807, 2.05) is 41.1 Å². The minimum absolute atomic E-state index is 0.0957. The first-order valence-electron chi connectivity index (χ1n) is 8.75. The van der Waals surface area contributed by atoms with Crippen LogP contribution in [0.1, 0.15) is 5.56 Å². The fraction of sp³-hybridized carbons (Fsp3) is 0.250. The summed E-state index contributed by atoms with van der Waals surface area (Å²) in [5.74, 6) is -0.260. The summed E-state index contributed by atoms with van der Waals surface area (Å²) in [6, 6.07) is 13.2. The van der Waals surface area contributed by atoms with Crippen molar-refractivity contribution < 1.29 is 9.47 Å². The number of benzene rings is 2. The minimum Gasteiger partial charge on any atom is -0.399 e. The lowest BCUT2D eigenvalue weighted by Crippen LogP contribution is -2.34. The monoisotopic (exact) mass is 435 g/mol. The molecule has 0 saturated carbocycles. The molecular formula is C20H19Cl2N3O2S. The average molecular weight is 436 g/mol. The summed E-state index contributed by atoms with van der Waals surface area (Å²) in [5, 5.41) is 1.08. The lowest BCUT2D eigenvalue weighted by atomic mass is 10.1. The smallest absolute Gasteiger partial charge is 0.215 e. The van der Waals surface area contributed by atoms with Crippen LogP contribution in [0.5, 0.6) is 0 Å². The summed E-state index contributed by atoms with van der Waals surface area (Å²) < 4.78 is 14.6. The summed E-state index contributed by atoms with van der Waals surface area (Å²) >= 11 is 14.2. The zero-order valence-corrected chi connectivity index (χ0v) is 17.3. The molecule has 2 aromatic carbocycles. The van der Waals surface area contributed by atoms with Crippen molar-refractivity contribution in [1.82, 2.24) is 9.55 Å². The molecule has 1 aromatic heterocycles. The quantitative estimate of drug-likeness (QED) is 0.443. The highest BCUT2D eigenvalue weighted by Crippen LogP contribution is 2.41. The Morgan fingerprint density at radius 2 is 2.14 bits per heavy atom. The Labute approximate surface area is 177 Å². The third-order valence-electron chi connectivity index (χ3n) is 4.44. The normalized spacial score (nSPS) is 21.9. The molecule has 4 rings (SSSR count). The first kappa shape index (κ1) is 19.6. The van der Waals surface area contributed by atoms with Crippen molar-refractivity contribution in [3.8, 4) is 0 Å². The van der Waals surface area contributed by atoms with Crippen LogP contribution in [0.2, 0.25) is 10.0 Å². The van der Waals surface area contributed by atoms with Crippen LogP contribution in [0.15, 0.2) is 66.1 Å². The van der Waals surface area contributed by atoms with Gasteiger partial charge < -0.3 is 19.8 Å². The predicted molar refractivity (Wildman–Crippen MR) is 113 cm³/mol. The summed E-state index contributed by atoms with van der Waals surface area (Å²) in [4.78, 5) is 5.21. The molecular weight excluding hydrogens is 417 g/mol. The average Bonchev–Trinajstić information content (AvgIpc) is 3.31. The molecule has 1 aliphatic rings. The van der Waals surface area contributed by atoms with E-state index in [9.17, 15) is 0 Å². The van der Waals surface area contributed by atoms with Crippen LogP contribution >= 0.6 is 35.0 Å². The molecule has 2 N–H and O–H groups in total. The summed E-state index contributed by atoms with van der Waals surface area (Å²) in [7, 11) is 0. The van der Waals surface area contributed by atoms with Crippen LogP contribution in [0.25, 0.3) is 0 Å². The van der Waals surface area contributed by atoms with Crippen LogP contribution in [-0.2, 0) is 21.8 Å². The van der Waals surface area contributed by atoms with Gasteiger partial charge in [-0.15, -0.1) is 11.8 Å². The maximum atomic E-state index is 6.49. The van der Waals surface area contributed by atoms with Crippen molar-refractivity contribution in [2.24, 2.45) is 0 Å². The number of halogens is 2. The van der Waals surface area contributed by atoms with Gasteiger partial charge in [0.1, 0.15) is 0 Å². The van der Waals surface area contributed by atoms with Gasteiger partial charge in [0.05, 0.1) is 30.6 Å². The molecule has 2 atom stereocenters. The lowest BCUT2D eigenvalue weighted by Gasteiger charge is -2.30. The van der Waals surface area contributed by atoms with E-state index >= 15 is 0 Å². The zero-order chi connectivity index (χ0) is 19.6. The van der Waals surface area contributed by atoms with E-state index in [1.54, 1.807) is 36.4 Å². The summed E-state index contributed by atoms with van der Waals surface area (Å²) in [5.41, 5.74) is 7.36. The number of hydrogen-bond donors (Lipinski definition) is 1. The van der Waals surface area contributed by atoms with Gasteiger partial charge in [-0.2, -0.15) is 0 Å². The Balaban J connectivity index is 1.55. The molecule has 1 fully saturated rings. The van der Waals surface area contributed by atoms with Crippen LogP contribution in [-0.4, -0.2) is 28.0 Å². The number of aromatic nitrogens is 2. The third-order valence-corrected chi connectivity index (χ3v) is 6.12. The van der Waals surface area contributed by atoms with Crippen molar-refractivity contribution in [3.05, 3.63) is 76.8 Å². The maximum Gasteiger partial charge on any atom is 0.215 e. The van der Waals surface area contributed by atoms with E-state index in [1.165, 1.54) is 0 Å². The molecule has 3 aromatic rings. The Morgan fingerprint density at radius 1 is 1.25 bits per heavy atom. The van der Waals surface area contributed by atoms with E-state index in [-0.39, 0.29) is 6.10 Å². The van der Waals surface area contributed by atoms with Gasteiger partial charge in [0.2, 0.25) is 5.79 Å². The van der Waals surface area contributed by atoms with Crippen molar-refractivity contribution >= 4 is 40.7 Å². The van der Waals surface area contributed by atoms with Gasteiger partial charge in [-0.3, -0.25) is 0 Å². The highest BCUT2D eigenvalue weighted by molar-refractivity contribution is 7.99. The summed E-state index contributed by atoms with van der Waals surface area (Å²) in [6.45, 7) is 0.900.